The van der Waals surface area contributed by atoms with Gasteiger partial charge in [-0.15, -0.1) is 0 Å². The molecular formula is C14H14FNO2. The second kappa shape index (κ2) is 5.14. The van der Waals surface area contributed by atoms with Crippen LogP contribution in [0.4, 0.5) is 4.39 Å². The van der Waals surface area contributed by atoms with E-state index in [1.165, 1.54) is 12.3 Å². The van der Waals surface area contributed by atoms with Crippen molar-refractivity contribution in [2.45, 2.75) is 20.0 Å². The lowest BCUT2D eigenvalue weighted by atomic mass is 10.2. The van der Waals surface area contributed by atoms with Gasteiger partial charge in [-0.05, 0) is 37.6 Å². The summed E-state index contributed by atoms with van der Waals surface area (Å²) in [5.41, 5.74) is 1.14. The van der Waals surface area contributed by atoms with Gasteiger partial charge in [0.05, 0.1) is 18.0 Å². The van der Waals surface area contributed by atoms with Crippen LogP contribution in [0.15, 0.2) is 36.5 Å². The molecule has 1 heterocycles. The van der Waals surface area contributed by atoms with Crippen LogP contribution in [0.2, 0.25) is 0 Å². The summed E-state index contributed by atoms with van der Waals surface area (Å²) in [5.74, 6) is 0.619. The summed E-state index contributed by atoms with van der Waals surface area (Å²) >= 11 is 0. The molecule has 2 aromatic rings. The summed E-state index contributed by atoms with van der Waals surface area (Å²) in [4.78, 5) is 4.05. The van der Waals surface area contributed by atoms with Crippen LogP contribution in [-0.4, -0.2) is 10.1 Å². The van der Waals surface area contributed by atoms with Crippen molar-refractivity contribution in [2.75, 3.05) is 0 Å². The molecule has 0 aliphatic rings. The number of aryl methyl sites for hydroxylation is 1. The lowest BCUT2D eigenvalue weighted by molar-refractivity contribution is 0.194. The monoisotopic (exact) mass is 247 g/mol. The number of aliphatic hydroxyl groups is 1. The number of aliphatic hydroxyl groups excluding tert-OH is 1. The zero-order valence-corrected chi connectivity index (χ0v) is 10.2. The average Bonchev–Trinajstić information content (AvgIpc) is 2.34. The molecule has 0 aliphatic carbocycles. The molecular weight excluding hydrogens is 233 g/mol. The summed E-state index contributed by atoms with van der Waals surface area (Å²) in [5, 5.41) is 9.32. The quantitative estimate of drug-likeness (QED) is 0.904. The Morgan fingerprint density at radius 1 is 1.22 bits per heavy atom. The molecule has 1 aromatic heterocycles. The van der Waals surface area contributed by atoms with Crippen LogP contribution in [0.25, 0.3) is 0 Å². The third-order valence-electron chi connectivity index (χ3n) is 2.57. The van der Waals surface area contributed by atoms with Gasteiger partial charge in [0.25, 0.3) is 0 Å². The van der Waals surface area contributed by atoms with E-state index in [1.54, 1.807) is 38.1 Å². The largest absolute Gasteiger partial charge is 0.456 e. The van der Waals surface area contributed by atoms with Gasteiger partial charge in [0.15, 0.2) is 0 Å². The predicted octanol–water partition coefficient (Wildman–Crippen LogP) is 3.37. The molecule has 0 unspecified atom stereocenters. The van der Waals surface area contributed by atoms with Crippen molar-refractivity contribution in [3.05, 3.63) is 53.6 Å². The maximum Gasteiger partial charge on any atom is 0.145 e. The molecule has 94 valence electrons. The fourth-order valence-corrected chi connectivity index (χ4v) is 1.47. The van der Waals surface area contributed by atoms with Crippen LogP contribution in [0.1, 0.15) is 24.3 Å². The van der Waals surface area contributed by atoms with Crippen LogP contribution >= 0.6 is 0 Å². The van der Waals surface area contributed by atoms with E-state index >= 15 is 0 Å². The smallest absolute Gasteiger partial charge is 0.145 e. The minimum absolute atomic E-state index is 0.305. The summed E-state index contributed by atoms with van der Waals surface area (Å²) in [7, 11) is 0. The molecule has 2 rings (SSSR count). The first kappa shape index (κ1) is 12.5. The van der Waals surface area contributed by atoms with Crippen molar-refractivity contribution in [3.63, 3.8) is 0 Å². The van der Waals surface area contributed by atoms with Gasteiger partial charge >= 0.3 is 0 Å². The number of halogens is 1. The van der Waals surface area contributed by atoms with Gasteiger partial charge in [-0.2, -0.15) is 0 Å². The number of rotatable bonds is 3. The highest BCUT2D eigenvalue weighted by molar-refractivity contribution is 5.33. The van der Waals surface area contributed by atoms with Crippen molar-refractivity contribution in [1.29, 1.82) is 0 Å². The van der Waals surface area contributed by atoms with Crippen LogP contribution in [-0.2, 0) is 0 Å². The first-order valence-corrected chi connectivity index (χ1v) is 5.64. The molecule has 1 aromatic carbocycles. The minimum Gasteiger partial charge on any atom is -0.456 e. The van der Waals surface area contributed by atoms with Gasteiger partial charge in [0.1, 0.15) is 17.3 Å². The maximum absolute atomic E-state index is 13.3. The summed E-state index contributed by atoms with van der Waals surface area (Å²) in [6.45, 7) is 3.33. The highest BCUT2D eigenvalue weighted by Gasteiger charge is 2.04. The Kier molecular flexibility index (Phi) is 3.58. The number of pyridine rings is 1. The van der Waals surface area contributed by atoms with E-state index in [0.29, 0.717) is 22.8 Å². The SMILES string of the molecule is Cc1ccc(Oc2ccc([C@@H](C)O)nc2)cc1F. The first-order valence-electron chi connectivity index (χ1n) is 5.64. The highest BCUT2D eigenvalue weighted by Crippen LogP contribution is 2.23. The Labute approximate surface area is 105 Å². The molecule has 4 heteroatoms. The number of aromatic nitrogens is 1. The number of nitrogens with zero attached hydrogens (tertiary/aromatic N) is 1. The summed E-state index contributed by atoms with van der Waals surface area (Å²) < 4.78 is 18.8. The number of hydrogen-bond acceptors (Lipinski definition) is 3. The van der Waals surface area contributed by atoms with Gasteiger partial charge in [-0.1, -0.05) is 6.07 Å². The van der Waals surface area contributed by atoms with Crippen LogP contribution < -0.4 is 4.74 Å². The van der Waals surface area contributed by atoms with E-state index in [2.05, 4.69) is 4.98 Å². The predicted molar refractivity (Wildman–Crippen MR) is 66.1 cm³/mol. The molecule has 0 saturated carbocycles. The minimum atomic E-state index is -0.615. The standard InChI is InChI=1S/C14H14FNO2/c1-9-3-4-11(7-13(9)15)18-12-5-6-14(10(2)17)16-8-12/h3-8,10,17H,1-2H3/t10-/m1/s1. The first-order chi connectivity index (χ1) is 8.56. The van der Waals surface area contributed by atoms with Gasteiger partial charge in [-0.3, -0.25) is 4.98 Å². The fourth-order valence-electron chi connectivity index (χ4n) is 1.47. The van der Waals surface area contributed by atoms with Gasteiger partial charge < -0.3 is 9.84 Å². The van der Waals surface area contributed by atoms with Crippen LogP contribution in [0.3, 0.4) is 0 Å². The number of benzene rings is 1. The van der Waals surface area contributed by atoms with Gasteiger partial charge in [0, 0.05) is 6.07 Å². The Morgan fingerprint density at radius 2 is 1.94 bits per heavy atom. The molecule has 0 saturated heterocycles. The maximum atomic E-state index is 13.3. The molecule has 18 heavy (non-hydrogen) atoms. The van der Waals surface area contributed by atoms with Crippen molar-refractivity contribution < 1.29 is 14.2 Å². The zero-order chi connectivity index (χ0) is 13.1. The Hall–Kier alpha value is -1.94. The molecule has 1 N–H and O–H groups in total. The topological polar surface area (TPSA) is 42.4 Å². The van der Waals surface area contributed by atoms with Gasteiger partial charge in [0.2, 0.25) is 0 Å². The van der Waals surface area contributed by atoms with Crippen LogP contribution in [0, 0.1) is 12.7 Å². The third-order valence-corrected chi connectivity index (χ3v) is 2.57. The summed E-state index contributed by atoms with van der Waals surface area (Å²) in [6.07, 6.45) is 0.885. The van der Waals surface area contributed by atoms with E-state index < -0.39 is 6.10 Å². The van der Waals surface area contributed by atoms with Crippen molar-refractivity contribution in [2.24, 2.45) is 0 Å². The van der Waals surface area contributed by atoms with E-state index in [4.69, 9.17) is 4.74 Å². The number of hydrogen-bond donors (Lipinski definition) is 1. The van der Waals surface area contributed by atoms with Gasteiger partial charge in [-0.25, -0.2) is 4.39 Å². The van der Waals surface area contributed by atoms with Crippen molar-refractivity contribution >= 4 is 0 Å². The lowest BCUT2D eigenvalue weighted by Crippen LogP contribution is -1.95. The molecule has 0 spiro atoms. The number of ether oxygens (including phenoxy) is 1. The van der Waals surface area contributed by atoms with Crippen LogP contribution in [0.5, 0.6) is 11.5 Å². The summed E-state index contributed by atoms with van der Waals surface area (Å²) in [6, 6.07) is 8.04. The van der Waals surface area contributed by atoms with Crippen molar-refractivity contribution in [3.8, 4) is 11.5 Å². The molecule has 0 fully saturated rings. The Balaban J connectivity index is 2.15. The van der Waals surface area contributed by atoms with E-state index in [0.717, 1.165) is 0 Å². The Morgan fingerprint density at radius 3 is 2.50 bits per heavy atom. The third kappa shape index (κ3) is 2.84. The van der Waals surface area contributed by atoms with E-state index in [-0.39, 0.29) is 5.82 Å². The van der Waals surface area contributed by atoms with E-state index in [1.807, 2.05) is 0 Å². The molecule has 0 amide bonds. The molecule has 0 radical (unpaired) electrons. The molecule has 1 atom stereocenters. The Bertz CT molecular complexity index is 538. The lowest BCUT2D eigenvalue weighted by Gasteiger charge is -2.08. The zero-order valence-electron chi connectivity index (χ0n) is 10.2. The molecule has 3 nitrogen and oxygen atoms in total. The highest BCUT2D eigenvalue weighted by atomic mass is 19.1. The fraction of sp³-hybridized carbons (Fsp3) is 0.214. The second-order valence-corrected chi connectivity index (χ2v) is 4.11. The van der Waals surface area contributed by atoms with Crippen molar-refractivity contribution in [1.82, 2.24) is 4.98 Å². The average molecular weight is 247 g/mol. The second-order valence-electron chi connectivity index (χ2n) is 4.11. The normalized spacial score (nSPS) is 12.2. The molecule has 0 bridgehead atoms. The van der Waals surface area contributed by atoms with E-state index in [9.17, 15) is 9.50 Å². The molecule has 0 aliphatic heterocycles.